The summed E-state index contributed by atoms with van der Waals surface area (Å²) in [4.78, 5) is 16.8. The third-order valence-electron chi connectivity index (χ3n) is 4.92. The van der Waals surface area contributed by atoms with Crippen molar-refractivity contribution in [3.8, 4) is 11.5 Å². The zero-order valence-corrected chi connectivity index (χ0v) is 16.2. The number of nitrogens with zero attached hydrogens (tertiary/aromatic N) is 2. The number of anilines is 2. The van der Waals surface area contributed by atoms with Crippen LogP contribution >= 0.6 is 0 Å². The molecule has 0 bridgehead atoms. The molecule has 0 atom stereocenters. The molecule has 1 fully saturated rings. The first-order valence-corrected chi connectivity index (χ1v) is 9.26. The largest absolute Gasteiger partial charge is 0.497 e. The van der Waals surface area contributed by atoms with Gasteiger partial charge in [-0.25, -0.2) is 4.79 Å². The highest BCUT2D eigenvalue weighted by atomic mass is 16.5. The highest BCUT2D eigenvalue weighted by molar-refractivity contribution is 5.91. The molecule has 0 aliphatic carbocycles. The number of piperazine rings is 1. The van der Waals surface area contributed by atoms with Crippen molar-refractivity contribution in [2.24, 2.45) is 0 Å². The smallest absolute Gasteiger partial charge is 0.322 e. The summed E-state index contributed by atoms with van der Waals surface area (Å²) in [5.41, 5.74) is 3.16. The Hall–Kier alpha value is -2.89. The van der Waals surface area contributed by atoms with E-state index >= 15 is 0 Å². The number of hydrogen-bond donors (Lipinski definition) is 1. The van der Waals surface area contributed by atoms with Gasteiger partial charge in [0.2, 0.25) is 0 Å². The van der Waals surface area contributed by atoms with Gasteiger partial charge in [0.1, 0.15) is 11.5 Å². The van der Waals surface area contributed by atoms with E-state index in [1.165, 1.54) is 11.3 Å². The molecule has 1 heterocycles. The molecular formula is C21H27N3O3. The Morgan fingerprint density at radius 1 is 1.00 bits per heavy atom. The number of urea groups is 1. The highest BCUT2D eigenvalue weighted by Gasteiger charge is 2.22. The molecule has 27 heavy (non-hydrogen) atoms. The van der Waals surface area contributed by atoms with Gasteiger partial charge in [0, 0.05) is 37.9 Å². The standard InChI is InChI=1S/C21H27N3O3/c1-4-16-5-7-17(8-6-16)23-11-13-24(14-12-23)21(25)22-19-15-18(26-2)9-10-20(19)27-3/h5-10,15H,4,11-14H2,1-3H3,(H,22,25). The average molecular weight is 369 g/mol. The van der Waals surface area contributed by atoms with Gasteiger partial charge in [-0.05, 0) is 36.2 Å². The number of benzene rings is 2. The van der Waals surface area contributed by atoms with Crippen molar-refractivity contribution in [2.45, 2.75) is 13.3 Å². The molecule has 2 aromatic rings. The van der Waals surface area contributed by atoms with E-state index in [1.54, 1.807) is 32.4 Å². The number of carbonyl (C=O) groups excluding carboxylic acids is 1. The molecule has 2 aromatic carbocycles. The third kappa shape index (κ3) is 4.45. The van der Waals surface area contributed by atoms with Gasteiger partial charge in [-0.1, -0.05) is 19.1 Å². The maximum atomic E-state index is 12.7. The van der Waals surface area contributed by atoms with E-state index in [0.717, 1.165) is 19.5 Å². The zero-order chi connectivity index (χ0) is 19.2. The van der Waals surface area contributed by atoms with Crippen LogP contribution in [0.3, 0.4) is 0 Å². The average Bonchev–Trinajstić information content (AvgIpc) is 2.73. The van der Waals surface area contributed by atoms with E-state index in [4.69, 9.17) is 9.47 Å². The Kier molecular flexibility index (Phi) is 6.06. The van der Waals surface area contributed by atoms with Gasteiger partial charge < -0.3 is 24.6 Å². The lowest BCUT2D eigenvalue weighted by Gasteiger charge is -2.36. The molecule has 1 aliphatic rings. The van der Waals surface area contributed by atoms with Crippen LogP contribution in [0.15, 0.2) is 42.5 Å². The lowest BCUT2D eigenvalue weighted by Crippen LogP contribution is -2.50. The lowest BCUT2D eigenvalue weighted by molar-refractivity contribution is 0.208. The van der Waals surface area contributed by atoms with Crippen LogP contribution in [-0.4, -0.2) is 51.3 Å². The number of methoxy groups -OCH3 is 2. The third-order valence-corrected chi connectivity index (χ3v) is 4.92. The minimum absolute atomic E-state index is 0.123. The Morgan fingerprint density at radius 2 is 1.70 bits per heavy atom. The molecule has 0 saturated carbocycles. The second kappa shape index (κ2) is 8.66. The Bertz CT molecular complexity index is 769. The topological polar surface area (TPSA) is 54.0 Å². The van der Waals surface area contributed by atoms with E-state index in [1.807, 2.05) is 4.90 Å². The van der Waals surface area contributed by atoms with Gasteiger partial charge in [0.05, 0.1) is 19.9 Å². The summed E-state index contributed by atoms with van der Waals surface area (Å²) < 4.78 is 10.6. The first kappa shape index (κ1) is 18.9. The monoisotopic (exact) mass is 369 g/mol. The fourth-order valence-electron chi connectivity index (χ4n) is 3.22. The number of amides is 2. The predicted molar refractivity (Wildman–Crippen MR) is 108 cm³/mol. The fraction of sp³-hybridized carbons (Fsp3) is 0.381. The van der Waals surface area contributed by atoms with Crippen LogP contribution in [-0.2, 0) is 6.42 Å². The maximum absolute atomic E-state index is 12.7. The molecular weight excluding hydrogens is 342 g/mol. The van der Waals surface area contributed by atoms with E-state index < -0.39 is 0 Å². The van der Waals surface area contributed by atoms with Crippen molar-refractivity contribution >= 4 is 17.4 Å². The number of carbonyl (C=O) groups is 1. The Balaban J connectivity index is 1.60. The number of ether oxygens (including phenoxy) is 2. The summed E-state index contributed by atoms with van der Waals surface area (Å²) in [7, 11) is 3.18. The normalized spacial score (nSPS) is 14.0. The van der Waals surface area contributed by atoms with Crippen LogP contribution in [0, 0.1) is 0 Å². The minimum Gasteiger partial charge on any atom is -0.497 e. The van der Waals surface area contributed by atoms with Crippen molar-refractivity contribution in [1.29, 1.82) is 0 Å². The van der Waals surface area contributed by atoms with Crippen LogP contribution in [0.25, 0.3) is 0 Å². The molecule has 0 radical (unpaired) electrons. The summed E-state index contributed by atoms with van der Waals surface area (Å²) in [5.74, 6) is 1.28. The molecule has 2 amide bonds. The van der Waals surface area contributed by atoms with Crippen molar-refractivity contribution in [2.75, 3.05) is 50.6 Å². The van der Waals surface area contributed by atoms with Gasteiger partial charge >= 0.3 is 6.03 Å². The number of nitrogens with one attached hydrogen (secondary N) is 1. The summed E-state index contributed by atoms with van der Waals surface area (Å²) in [5, 5.41) is 2.94. The first-order valence-electron chi connectivity index (χ1n) is 9.26. The molecule has 6 heteroatoms. The van der Waals surface area contributed by atoms with Crippen LogP contribution in [0.2, 0.25) is 0 Å². The van der Waals surface area contributed by atoms with Crippen LogP contribution in [0.5, 0.6) is 11.5 Å². The molecule has 0 spiro atoms. The van der Waals surface area contributed by atoms with Gasteiger partial charge in [-0.2, -0.15) is 0 Å². The highest BCUT2D eigenvalue weighted by Crippen LogP contribution is 2.29. The van der Waals surface area contributed by atoms with Crippen LogP contribution < -0.4 is 19.7 Å². The number of rotatable bonds is 5. The van der Waals surface area contributed by atoms with Crippen molar-refractivity contribution in [3.63, 3.8) is 0 Å². The van der Waals surface area contributed by atoms with Gasteiger partial charge in [-0.15, -0.1) is 0 Å². The van der Waals surface area contributed by atoms with E-state index in [-0.39, 0.29) is 6.03 Å². The van der Waals surface area contributed by atoms with Gasteiger partial charge in [-0.3, -0.25) is 0 Å². The van der Waals surface area contributed by atoms with Crippen LogP contribution in [0.1, 0.15) is 12.5 Å². The maximum Gasteiger partial charge on any atom is 0.322 e. The summed E-state index contributed by atoms with van der Waals surface area (Å²) in [6.45, 7) is 5.13. The molecule has 6 nitrogen and oxygen atoms in total. The lowest BCUT2D eigenvalue weighted by atomic mass is 10.1. The molecule has 144 valence electrons. The molecule has 1 N–H and O–H groups in total. The fourth-order valence-corrected chi connectivity index (χ4v) is 3.22. The molecule has 3 rings (SSSR count). The van der Waals surface area contributed by atoms with Gasteiger partial charge in [0.25, 0.3) is 0 Å². The van der Waals surface area contributed by atoms with E-state index in [9.17, 15) is 4.79 Å². The SMILES string of the molecule is CCc1ccc(N2CCN(C(=O)Nc3cc(OC)ccc3OC)CC2)cc1. The van der Waals surface area contributed by atoms with Crippen molar-refractivity contribution < 1.29 is 14.3 Å². The summed E-state index contributed by atoms with van der Waals surface area (Å²) in [6.07, 6.45) is 1.04. The molecule has 1 saturated heterocycles. The van der Waals surface area contributed by atoms with Crippen molar-refractivity contribution in [1.82, 2.24) is 4.90 Å². The number of aryl methyl sites for hydroxylation is 1. The Labute approximate surface area is 160 Å². The molecule has 0 aromatic heterocycles. The zero-order valence-electron chi connectivity index (χ0n) is 16.2. The summed E-state index contributed by atoms with van der Waals surface area (Å²) in [6, 6.07) is 13.9. The molecule has 0 unspecified atom stereocenters. The number of hydrogen-bond acceptors (Lipinski definition) is 4. The van der Waals surface area contributed by atoms with Gasteiger partial charge in [0.15, 0.2) is 0 Å². The second-order valence-corrected chi connectivity index (χ2v) is 6.49. The van der Waals surface area contributed by atoms with E-state index in [0.29, 0.717) is 30.3 Å². The van der Waals surface area contributed by atoms with Crippen molar-refractivity contribution in [3.05, 3.63) is 48.0 Å². The Morgan fingerprint density at radius 3 is 2.30 bits per heavy atom. The summed E-state index contributed by atoms with van der Waals surface area (Å²) >= 11 is 0. The molecule has 1 aliphatic heterocycles. The van der Waals surface area contributed by atoms with E-state index in [2.05, 4.69) is 41.4 Å². The second-order valence-electron chi connectivity index (χ2n) is 6.49. The minimum atomic E-state index is -0.123. The van der Waals surface area contributed by atoms with Crippen LogP contribution in [0.4, 0.5) is 16.2 Å². The quantitative estimate of drug-likeness (QED) is 0.875. The predicted octanol–water partition coefficient (Wildman–Crippen LogP) is 3.62. The first-order chi connectivity index (χ1) is 13.1.